The maximum absolute atomic E-state index is 12.5. The monoisotopic (exact) mass is 367 g/mol. The van der Waals surface area contributed by atoms with E-state index in [9.17, 15) is 13.2 Å². The molecule has 1 aliphatic heterocycles. The average molecular weight is 367 g/mol. The predicted molar refractivity (Wildman–Crippen MR) is 96.9 cm³/mol. The van der Waals surface area contributed by atoms with Crippen molar-refractivity contribution < 1.29 is 13.2 Å². The molecule has 0 unspecified atom stereocenters. The number of aryl methyl sites for hydroxylation is 2. The Hall–Kier alpha value is -1.51. The number of sulfonamides is 1. The van der Waals surface area contributed by atoms with Gasteiger partial charge in [0.2, 0.25) is 15.9 Å². The zero-order chi connectivity index (χ0) is 17.5. The minimum atomic E-state index is -3.26. The maximum Gasteiger partial charge on any atom is 0.230 e. The number of carbonyl (C=O) groups is 1. The van der Waals surface area contributed by atoms with Gasteiger partial charge >= 0.3 is 0 Å². The van der Waals surface area contributed by atoms with Crippen molar-refractivity contribution in [3.05, 3.63) is 23.3 Å². The second kappa shape index (κ2) is 6.42. The van der Waals surface area contributed by atoms with Crippen LogP contribution in [0.4, 0.5) is 5.13 Å². The number of hydrogen-bond acceptors (Lipinski definition) is 5. The fourth-order valence-electron chi connectivity index (χ4n) is 2.98. The molecule has 1 atom stereocenters. The number of anilines is 1. The Bertz CT molecular complexity index is 850. The van der Waals surface area contributed by atoms with Crippen LogP contribution in [0.5, 0.6) is 0 Å². The Labute approximate surface area is 145 Å². The van der Waals surface area contributed by atoms with E-state index in [2.05, 4.69) is 10.3 Å². The zero-order valence-electron chi connectivity index (χ0n) is 14.0. The Morgan fingerprint density at radius 3 is 2.71 bits per heavy atom. The van der Waals surface area contributed by atoms with E-state index in [4.69, 9.17) is 0 Å². The van der Waals surface area contributed by atoms with Crippen molar-refractivity contribution in [2.24, 2.45) is 5.92 Å². The molecule has 8 heteroatoms. The molecule has 1 N–H and O–H groups in total. The maximum atomic E-state index is 12.5. The van der Waals surface area contributed by atoms with Gasteiger partial charge in [-0.05, 0) is 37.8 Å². The molecule has 1 fully saturated rings. The normalized spacial score (nSPS) is 19.5. The number of hydrogen-bond donors (Lipinski definition) is 1. The molecule has 0 spiro atoms. The lowest BCUT2D eigenvalue weighted by atomic mass is 9.99. The summed E-state index contributed by atoms with van der Waals surface area (Å²) in [5, 5.41) is 3.45. The van der Waals surface area contributed by atoms with Gasteiger partial charge in [0.25, 0.3) is 0 Å². The summed E-state index contributed by atoms with van der Waals surface area (Å²) in [6.45, 7) is 4.75. The smallest absolute Gasteiger partial charge is 0.230 e. The number of nitrogens with one attached hydrogen (secondary N) is 1. The number of rotatable bonds is 3. The molecule has 0 bridgehead atoms. The van der Waals surface area contributed by atoms with Crippen LogP contribution in [0.2, 0.25) is 0 Å². The van der Waals surface area contributed by atoms with Crippen LogP contribution in [0.1, 0.15) is 24.0 Å². The highest BCUT2D eigenvalue weighted by atomic mass is 32.2. The molecule has 0 saturated carbocycles. The van der Waals surface area contributed by atoms with Crippen molar-refractivity contribution >= 4 is 42.6 Å². The largest absolute Gasteiger partial charge is 0.302 e. The minimum Gasteiger partial charge on any atom is -0.302 e. The summed E-state index contributed by atoms with van der Waals surface area (Å²) in [6, 6.07) is 4.07. The van der Waals surface area contributed by atoms with Crippen molar-refractivity contribution in [3.8, 4) is 0 Å². The van der Waals surface area contributed by atoms with Gasteiger partial charge in [-0.25, -0.2) is 17.7 Å². The van der Waals surface area contributed by atoms with Crippen LogP contribution in [0.15, 0.2) is 12.1 Å². The van der Waals surface area contributed by atoms with E-state index in [1.165, 1.54) is 21.9 Å². The average Bonchev–Trinajstić information content (AvgIpc) is 2.95. The van der Waals surface area contributed by atoms with Crippen molar-refractivity contribution in [2.75, 3.05) is 24.7 Å². The van der Waals surface area contributed by atoms with Gasteiger partial charge in [0, 0.05) is 13.1 Å². The number of piperidine rings is 1. The molecule has 0 aliphatic carbocycles. The Kier molecular flexibility index (Phi) is 4.63. The molecule has 2 heterocycles. The number of amides is 1. The van der Waals surface area contributed by atoms with Gasteiger partial charge in [0.1, 0.15) is 0 Å². The fraction of sp³-hybridized carbons (Fsp3) is 0.500. The van der Waals surface area contributed by atoms with Gasteiger partial charge < -0.3 is 5.32 Å². The Morgan fingerprint density at radius 2 is 2.04 bits per heavy atom. The highest BCUT2D eigenvalue weighted by molar-refractivity contribution is 7.88. The number of benzene rings is 1. The number of nitrogens with zero attached hydrogens (tertiary/aromatic N) is 2. The molecule has 130 valence electrons. The third kappa shape index (κ3) is 3.45. The summed E-state index contributed by atoms with van der Waals surface area (Å²) in [5.41, 5.74) is 3.12. The van der Waals surface area contributed by atoms with Gasteiger partial charge in [0.15, 0.2) is 5.13 Å². The van der Waals surface area contributed by atoms with Crippen molar-refractivity contribution in [3.63, 3.8) is 0 Å². The van der Waals surface area contributed by atoms with Gasteiger partial charge in [-0.2, -0.15) is 0 Å². The molecular formula is C16H21N3O3S2. The first kappa shape index (κ1) is 17.3. The van der Waals surface area contributed by atoms with E-state index in [0.717, 1.165) is 21.3 Å². The van der Waals surface area contributed by atoms with E-state index >= 15 is 0 Å². The molecule has 1 amide bonds. The van der Waals surface area contributed by atoms with E-state index in [1.54, 1.807) is 0 Å². The minimum absolute atomic E-state index is 0.155. The quantitative estimate of drug-likeness (QED) is 0.904. The molecule has 1 aromatic heterocycles. The summed E-state index contributed by atoms with van der Waals surface area (Å²) in [6.07, 6.45) is 2.58. The lowest BCUT2D eigenvalue weighted by Gasteiger charge is -2.29. The summed E-state index contributed by atoms with van der Waals surface area (Å²) >= 11 is 1.46. The van der Waals surface area contributed by atoms with Crippen LogP contribution < -0.4 is 5.32 Å². The molecule has 3 rings (SSSR count). The number of thiazole rings is 1. The summed E-state index contributed by atoms with van der Waals surface area (Å²) in [5.74, 6) is -0.486. The molecular weight excluding hydrogens is 346 g/mol. The third-order valence-corrected chi connectivity index (χ3v) is 6.77. The van der Waals surface area contributed by atoms with Crippen LogP contribution in [-0.2, 0) is 14.8 Å². The summed E-state index contributed by atoms with van der Waals surface area (Å²) < 4.78 is 25.8. The van der Waals surface area contributed by atoms with E-state index in [0.29, 0.717) is 24.5 Å². The van der Waals surface area contributed by atoms with Crippen molar-refractivity contribution in [1.29, 1.82) is 0 Å². The van der Waals surface area contributed by atoms with Gasteiger partial charge in [-0.15, -0.1) is 0 Å². The second-order valence-corrected chi connectivity index (χ2v) is 9.33. The lowest BCUT2D eigenvalue weighted by molar-refractivity contribution is -0.120. The second-order valence-electron chi connectivity index (χ2n) is 6.35. The van der Waals surface area contributed by atoms with E-state index in [-0.39, 0.29) is 18.4 Å². The summed E-state index contributed by atoms with van der Waals surface area (Å²) in [7, 11) is -3.26. The van der Waals surface area contributed by atoms with Crippen molar-refractivity contribution in [1.82, 2.24) is 9.29 Å². The molecule has 1 aliphatic rings. The highest BCUT2D eigenvalue weighted by Crippen LogP contribution is 2.31. The van der Waals surface area contributed by atoms with E-state index < -0.39 is 10.0 Å². The molecule has 0 radical (unpaired) electrons. The fourth-order valence-corrected chi connectivity index (χ4v) is 4.90. The van der Waals surface area contributed by atoms with E-state index in [1.807, 2.05) is 26.0 Å². The van der Waals surface area contributed by atoms with Crippen molar-refractivity contribution in [2.45, 2.75) is 26.7 Å². The molecule has 6 nitrogen and oxygen atoms in total. The molecule has 1 saturated heterocycles. The van der Waals surface area contributed by atoms with Crippen LogP contribution >= 0.6 is 11.3 Å². The first-order valence-corrected chi connectivity index (χ1v) is 10.5. The van der Waals surface area contributed by atoms with Crippen LogP contribution in [0, 0.1) is 19.8 Å². The van der Waals surface area contributed by atoms with Crippen LogP contribution in [-0.4, -0.2) is 43.0 Å². The van der Waals surface area contributed by atoms with Crippen LogP contribution in [0.3, 0.4) is 0 Å². The lowest BCUT2D eigenvalue weighted by Crippen LogP contribution is -2.43. The van der Waals surface area contributed by atoms with Gasteiger partial charge in [-0.1, -0.05) is 23.5 Å². The first-order valence-electron chi connectivity index (χ1n) is 7.88. The third-order valence-electron chi connectivity index (χ3n) is 4.40. The van der Waals surface area contributed by atoms with Crippen LogP contribution in [0.25, 0.3) is 10.2 Å². The number of carbonyl (C=O) groups excluding carboxylic acids is 1. The predicted octanol–water partition coefficient (Wildman–Crippen LogP) is 2.52. The van der Waals surface area contributed by atoms with Gasteiger partial charge in [0.05, 0.1) is 22.4 Å². The Balaban J connectivity index is 1.77. The molecule has 2 aromatic rings. The topological polar surface area (TPSA) is 79.4 Å². The van der Waals surface area contributed by atoms with Gasteiger partial charge in [-0.3, -0.25) is 4.79 Å². The Morgan fingerprint density at radius 1 is 1.33 bits per heavy atom. The summed E-state index contributed by atoms with van der Waals surface area (Å²) in [4.78, 5) is 17.1. The SMILES string of the molecule is Cc1ccc(C)c2sc(NC(=O)[C@@H]3CCCN(S(C)(=O)=O)C3)nc12. The zero-order valence-corrected chi connectivity index (χ0v) is 15.6. The first-order chi connectivity index (χ1) is 11.3. The number of fused-ring (bicyclic) bond motifs is 1. The highest BCUT2D eigenvalue weighted by Gasteiger charge is 2.30. The molecule has 1 aromatic carbocycles. The number of aromatic nitrogens is 1. The molecule has 24 heavy (non-hydrogen) atoms. The standard InChI is InChI=1S/C16H21N3O3S2/c1-10-6-7-11(2)14-13(10)17-16(23-14)18-15(20)12-5-4-8-19(9-12)24(3,21)22/h6-7,12H,4-5,8-9H2,1-3H3,(H,17,18,20)/t12-/m1/s1.